The van der Waals surface area contributed by atoms with E-state index in [2.05, 4.69) is 11.8 Å². The number of hydrogen-bond donors (Lipinski definition) is 1. The van der Waals surface area contributed by atoms with Crippen LogP contribution < -0.4 is 0 Å². The van der Waals surface area contributed by atoms with Crippen LogP contribution in [0.3, 0.4) is 0 Å². The van der Waals surface area contributed by atoms with E-state index < -0.39 is 17.7 Å². The Labute approximate surface area is 107 Å². The molecule has 0 aliphatic heterocycles. The second-order valence-electron chi connectivity index (χ2n) is 4.44. The van der Waals surface area contributed by atoms with Gasteiger partial charge in [0.05, 0.1) is 6.10 Å². The molecular formula is C14H21F2NO. The highest BCUT2D eigenvalue weighted by molar-refractivity contribution is 5.20. The Bertz CT molecular complexity index is 371. The van der Waals surface area contributed by atoms with Gasteiger partial charge < -0.3 is 10.0 Å². The van der Waals surface area contributed by atoms with Crippen molar-refractivity contribution >= 4 is 0 Å². The molecule has 0 aliphatic carbocycles. The molecule has 0 fully saturated rings. The molecule has 0 amide bonds. The molecule has 4 heteroatoms. The van der Waals surface area contributed by atoms with Crippen molar-refractivity contribution in [1.82, 2.24) is 4.90 Å². The summed E-state index contributed by atoms with van der Waals surface area (Å²) in [7, 11) is 0. The number of aliphatic hydroxyl groups is 1. The van der Waals surface area contributed by atoms with Gasteiger partial charge in [0.2, 0.25) is 0 Å². The van der Waals surface area contributed by atoms with Gasteiger partial charge in [0, 0.05) is 6.54 Å². The molecule has 1 unspecified atom stereocenters. The van der Waals surface area contributed by atoms with Crippen molar-refractivity contribution in [2.75, 3.05) is 19.6 Å². The molecule has 1 rings (SSSR count). The van der Waals surface area contributed by atoms with E-state index in [1.165, 1.54) is 6.07 Å². The van der Waals surface area contributed by atoms with Crippen LogP contribution in [0.4, 0.5) is 8.78 Å². The average molecular weight is 257 g/mol. The summed E-state index contributed by atoms with van der Waals surface area (Å²) in [5.74, 6) is -1.80. The average Bonchev–Trinajstić information content (AvgIpc) is 2.37. The van der Waals surface area contributed by atoms with Gasteiger partial charge in [-0.3, -0.25) is 0 Å². The Morgan fingerprint density at radius 2 is 1.94 bits per heavy atom. The Kier molecular flexibility index (Phi) is 6.22. The molecule has 0 spiro atoms. The highest BCUT2D eigenvalue weighted by Crippen LogP contribution is 2.17. The lowest BCUT2D eigenvalue weighted by Gasteiger charge is -2.23. The summed E-state index contributed by atoms with van der Waals surface area (Å²) in [6.45, 7) is 6.32. The van der Waals surface area contributed by atoms with Crippen LogP contribution >= 0.6 is 0 Å². The van der Waals surface area contributed by atoms with E-state index in [1.807, 2.05) is 6.92 Å². The van der Waals surface area contributed by atoms with Crippen LogP contribution in [0.25, 0.3) is 0 Å². The summed E-state index contributed by atoms with van der Waals surface area (Å²) in [6, 6.07) is 3.54. The first kappa shape index (κ1) is 15.1. The molecule has 0 saturated carbocycles. The maximum absolute atomic E-state index is 13.1. The van der Waals surface area contributed by atoms with Crippen LogP contribution in [-0.4, -0.2) is 29.6 Å². The molecule has 0 heterocycles. The normalized spacial score (nSPS) is 13.0. The van der Waals surface area contributed by atoms with Crippen molar-refractivity contribution in [2.45, 2.75) is 32.8 Å². The second-order valence-corrected chi connectivity index (χ2v) is 4.44. The number of halogens is 2. The Morgan fingerprint density at radius 3 is 2.50 bits per heavy atom. The van der Waals surface area contributed by atoms with Gasteiger partial charge in [-0.05, 0) is 37.2 Å². The van der Waals surface area contributed by atoms with Crippen molar-refractivity contribution in [3.05, 3.63) is 35.4 Å². The number of unbranched alkanes of at least 4 members (excludes halogenated alkanes) is 1. The molecule has 18 heavy (non-hydrogen) atoms. The molecular weight excluding hydrogens is 236 g/mol. The molecule has 1 aromatic rings. The minimum Gasteiger partial charge on any atom is -0.387 e. The van der Waals surface area contributed by atoms with Gasteiger partial charge in [0.25, 0.3) is 0 Å². The van der Waals surface area contributed by atoms with Crippen LogP contribution in [0, 0.1) is 11.6 Å². The first-order chi connectivity index (χ1) is 8.58. The Balaban J connectivity index is 2.62. The lowest BCUT2D eigenvalue weighted by atomic mass is 10.1. The summed E-state index contributed by atoms with van der Waals surface area (Å²) in [6.07, 6.45) is 1.38. The second kappa shape index (κ2) is 7.44. The van der Waals surface area contributed by atoms with Crippen LogP contribution in [0.2, 0.25) is 0 Å². The van der Waals surface area contributed by atoms with E-state index >= 15 is 0 Å². The molecule has 1 N–H and O–H groups in total. The molecule has 1 aromatic carbocycles. The van der Waals surface area contributed by atoms with Crippen molar-refractivity contribution in [3.8, 4) is 0 Å². The largest absolute Gasteiger partial charge is 0.387 e. The standard InChI is InChI=1S/C14H21F2NO/c1-3-5-8-17(4-2)10-14(18)11-6-7-12(15)13(16)9-11/h6-7,9,14,18H,3-5,8,10H2,1-2H3. The van der Waals surface area contributed by atoms with E-state index in [-0.39, 0.29) is 0 Å². The van der Waals surface area contributed by atoms with Gasteiger partial charge >= 0.3 is 0 Å². The molecule has 102 valence electrons. The van der Waals surface area contributed by atoms with Crippen molar-refractivity contribution in [1.29, 1.82) is 0 Å². The molecule has 0 radical (unpaired) electrons. The smallest absolute Gasteiger partial charge is 0.159 e. The molecule has 0 bridgehead atoms. The predicted molar refractivity (Wildman–Crippen MR) is 68.3 cm³/mol. The molecule has 0 aromatic heterocycles. The minimum atomic E-state index is -0.914. The highest BCUT2D eigenvalue weighted by Gasteiger charge is 2.14. The zero-order chi connectivity index (χ0) is 13.5. The van der Waals surface area contributed by atoms with Crippen molar-refractivity contribution in [3.63, 3.8) is 0 Å². The van der Waals surface area contributed by atoms with Crippen LogP contribution in [0.15, 0.2) is 18.2 Å². The number of nitrogens with zero attached hydrogens (tertiary/aromatic N) is 1. The first-order valence-electron chi connectivity index (χ1n) is 6.43. The third-order valence-corrected chi connectivity index (χ3v) is 3.03. The fourth-order valence-corrected chi connectivity index (χ4v) is 1.83. The molecule has 0 aliphatic rings. The number of benzene rings is 1. The number of aliphatic hydroxyl groups excluding tert-OH is 1. The third-order valence-electron chi connectivity index (χ3n) is 3.03. The monoisotopic (exact) mass is 257 g/mol. The quantitative estimate of drug-likeness (QED) is 0.811. The zero-order valence-electron chi connectivity index (χ0n) is 11.0. The lowest BCUT2D eigenvalue weighted by Crippen LogP contribution is -2.29. The van der Waals surface area contributed by atoms with Gasteiger partial charge in [-0.15, -0.1) is 0 Å². The summed E-state index contributed by atoms with van der Waals surface area (Å²) >= 11 is 0. The molecule has 1 atom stereocenters. The first-order valence-corrected chi connectivity index (χ1v) is 6.43. The summed E-state index contributed by atoms with van der Waals surface area (Å²) in [5.41, 5.74) is 0.420. The maximum atomic E-state index is 13.1. The van der Waals surface area contributed by atoms with Gasteiger partial charge in [-0.2, -0.15) is 0 Å². The van der Waals surface area contributed by atoms with Crippen LogP contribution in [-0.2, 0) is 0 Å². The highest BCUT2D eigenvalue weighted by atomic mass is 19.2. The fraction of sp³-hybridized carbons (Fsp3) is 0.571. The SMILES string of the molecule is CCCCN(CC)CC(O)c1ccc(F)c(F)c1. The van der Waals surface area contributed by atoms with E-state index in [9.17, 15) is 13.9 Å². The number of likely N-dealkylation sites (N-methyl/N-ethyl adjacent to an activating group) is 1. The number of rotatable bonds is 7. The van der Waals surface area contributed by atoms with Crippen LogP contribution in [0.1, 0.15) is 38.4 Å². The summed E-state index contributed by atoms with van der Waals surface area (Å²) in [5, 5.41) is 10.0. The lowest BCUT2D eigenvalue weighted by molar-refractivity contribution is 0.115. The van der Waals surface area contributed by atoms with Crippen LogP contribution in [0.5, 0.6) is 0 Å². The Hall–Kier alpha value is -1.00. The molecule has 2 nitrogen and oxygen atoms in total. The minimum absolute atomic E-state index is 0.420. The maximum Gasteiger partial charge on any atom is 0.159 e. The van der Waals surface area contributed by atoms with E-state index in [1.54, 1.807) is 0 Å². The van der Waals surface area contributed by atoms with Gasteiger partial charge in [0.1, 0.15) is 0 Å². The summed E-state index contributed by atoms with van der Waals surface area (Å²) < 4.78 is 25.9. The van der Waals surface area contributed by atoms with Crippen molar-refractivity contribution < 1.29 is 13.9 Å². The molecule has 0 saturated heterocycles. The number of hydrogen-bond acceptors (Lipinski definition) is 2. The third kappa shape index (κ3) is 4.35. The van der Waals surface area contributed by atoms with E-state index in [0.29, 0.717) is 12.1 Å². The van der Waals surface area contributed by atoms with E-state index in [0.717, 1.165) is 38.1 Å². The van der Waals surface area contributed by atoms with Gasteiger partial charge in [0.15, 0.2) is 11.6 Å². The summed E-state index contributed by atoms with van der Waals surface area (Å²) in [4.78, 5) is 2.11. The van der Waals surface area contributed by atoms with Gasteiger partial charge in [-0.25, -0.2) is 8.78 Å². The zero-order valence-corrected chi connectivity index (χ0v) is 11.0. The topological polar surface area (TPSA) is 23.5 Å². The fourth-order valence-electron chi connectivity index (χ4n) is 1.83. The Morgan fingerprint density at radius 1 is 1.22 bits per heavy atom. The van der Waals surface area contributed by atoms with Gasteiger partial charge in [-0.1, -0.05) is 26.3 Å². The predicted octanol–water partition coefficient (Wildman–Crippen LogP) is 3.12. The van der Waals surface area contributed by atoms with E-state index in [4.69, 9.17) is 0 Å². The van der Waals surface area contributed by atoms with Crippen molar-refractivity contribution in [2.24, 2.45) is 0 Å².